The summed E-state index contributed by atoms with van der Waals surface area (Å²) in [5.74, 6) is -0.0733. The number of hydrogen-bond donors (Lipinski definition) is 2. The SMILES string of the molecule is CN(C)C(=O)c1ccc(N[C@@H]2CCCNC2)cc1Cl. The smallest absolute Gasteiger partial charge is 0.254 e. The van der Waals surface area contributed by atoms with Crippen molar-refractivity contribution in [1.29, 1.82) is 0 Å². The lowest BCUT2D eigenvalue weighted by atomic mass is 10.1. The van der Waals surface area contributed by atoms with Crippen LogP contribution in [0.25, 0.3) is 0 Å². The average Bonchev–Trinajstić information content (AvgIpc) is 2.39. The Hall–Kier alpha value is -1.26. The second-order valence-electron chi connectivity index (χ2n) is 5.08. The van der Waals surface area contributed by atoms with Gasteiger partial charge in [0.25, 0.3) is 5.91 Å². The fourth-order valence-corrected chi connectivity index (χ4v) is 2.49. The van der Waals surface area contributed by atoms with Crippen LogP contribution >= 0.6 is 11.6 Å². The lowest BCUT2D eigenvalue weighted by Crippen LogP contribution is -2.38. The number of nitrogens with zero attached hydrogens (tertiary/aromatic N) is 1. The minimum absolute atomic E-state index is 0.0733. The Kier molecular flexibility index (Phi) is 4.66. The van der Waals surface area contributed by atoms with E-state index in [-0.39, 0.29) is 5.91 Å². The molecule has 4 nitrogen and oxygen atoms in total. The summed E-state index contributed by atoms with van der Waals surface area (Å²) in [5.41, 5.74) is 1.51. The number of nitrogens with one attached hydrogen (secondary N) is 2. The van der Waals surface area contributed by atoms with Gasteiger partial charge >= 0.3 is 0 Å². The largest absolute Gasteiger partial charge is 0.381 e. The minimum atomic E-state index is -0.0733. The summed E-state index contributed by atoms with van der Waals surface area (Å²) < 4.78 is 0. The zero-order valence-electron chi connectivity index (χ0n) is 11.4. The molecule has 19 heavy (non-hydrogen) atoms. The highest BCUT2D eigenvalue weighted by atomic mass is 35.5. The Bertz CT molecular complexity index is 456. The molecule has 1 amide bonds. The zero-order chi connectivity index (χ0) is 13.8. The normalized spacial score (nSPS) is 19.0. The first-order valence-corrected chi connectivity index (χ1v) is 6.94. The molecule has 0 bridgehead atoms. The molecule has 1 aromatic rings. The first-order chi connectivity index (χ1) is 9.08. The maximum Gasteiger partial charge on any atom is 0.254 e. The first-order valence-electron chi connectivity index (χ1n) is 6.56. The molecule has 0 radical (unpaired) electrons. The highest BCUT2D eigenvalue weighted by Crippen LogP contribution is 2.23. The maximum absolute atomic E-state index is 11.9. The summed E-state index contributed by atoms with van der Waals surface area (Å²) in [7, 11) is 3.44. The molecule has 0 aromatic heterocycles. The third-order valence-corrected chi connectivity index (χ3v) is 3.59. The molecule has 0 saturated carbocycles. The molecule has 1 aromatic carbocycles. The van der Waals surface area contributed by atoms with Gasteiger partial charge in [-0.3, -0.25) is 4.79 Å². The van der Waals surface area contributed by atoms with Gasteiger partial charge in [-0.05, 0) is 37.6 Å². The van der Waals surface area contributed by atoms with E-state index < -0.39 is 0 Å². The Morgan fingerprint density at radius 3 is 2.84 bits per heavy atom. The number of carbonyl (C=O) groups is 1. The van der Waals surface area contributed by atoms with Crippen molar-refractivity contribution in [3.63, 3.8) is 0 Å². The predicted octanol–water partition coefficient (Wildman–Crippen LogP) is 2.21. The van der Waals surface area contributed by atoms with Gasteiger partial charge in [-0.25, -0.2) is 0 Å². The summed E-state index contributed by atoms with van der Waals surface area (Å²) in [5, 5.41) is 7.30. The van der Waals surface area contributed by atoms with Crippen molar-refractivity contribution in [2.45, 2.75) is 18.9 Å². The molecule has 1 aliphatic heterocycles. The second kappa shape index (κ2) is 6.26. The minimum Gasteiger partial charge on any atom is -0.381 e. The topological polar surface area (TPSA) is 44.4 Å². The number of carbonyl (C=O) groups excluding carboxylic acids is 1. The van der Waals surface area contributed by atoms with Gasteiger partial charge in [-0.2, -0.15) is 0 Å². The van der Waals surface area contributed by atoms with Gasteiger partial charge in [0.05, 0.1) is 10.6 Å². The number of amides is 1. The number of hydrogen-bond acceptors (Lipinski definition) is 3. The van der Waals surface area contributed by atoms with Crippen LogP contribution in [-0.4, -0.2) is 44.0 Å². The second-order valence-corrected chi connectivity index (χ2v) is 5.49. The molecule has 104 valence electrons. The summed E-state index contributed by atoms with van der Waals surface area (Å²) >= 11 is 6.18. The van der Waals surface area contributed by atoms with Gasteiger partial charge in [0, 0.05) is 32.4 Å². The summed E-state index contributed by atoms with van der Waals surface area (Å²) in [6.45, 7) is 2.06. The Labute approximate surface area is 119 Å². The molecule has 1 heterocycles. The standard InChI is InChI=1S/C14H20ClN3O/c1-18(2)14(19)12-6-5-10(8-13(12)15)17-11-4-3-7-16-9-11/h5-6,8,11,16-17H,3-4,7,9H2,1-2H3/t11-/m1/s1. The van der Waals surface area contributed by atoms with Crippen LogP contribution in [-0.2, 0) is 0 Å². The molecule has 2 N–H and O–H groups in total. The predicted molar refractivity (Wildman–Crippen MR) is 79.0 cm³/mol. The molecule has 0 unspecified atom stereocenters. The summed E-state index contributed by atoms with van der Waals surface area (Å²) in [6, 6.07) is 5.95. The molecular formula is C14H20ClN3O. The lowest BCUT2D eigenvalue weighted by molar-refractivity contribution is 0.0828. The van der Waals surface area contributed by atoms with Crippen LogP contribution in [0.1, 0.15) is 23.2 Å². The first kappa shape index (κ1) is 14.2. The van der Waals surface area contributed by atoms with E-state index >= 15 is 0 Å². The highest BCUT2D eigenvalue weighted by Gasteiger charge is 2.15. The number of anilines is 1. The lowest BCUT2D eigenvalue weighted by Gasteiger charge is -2.25. The Morgan fingerprint density at radius 2 is 2.26 bits per heavy atom. The highest BCUT2D eigenvalue weighted by molar-refractivity contribution is 6.34. The number of piperidine rings is 1. The van der Waals surface area contributed by atoms with Gasteiger partial charge in [0.15, 0.2) is 0 Å². The number of benzene rings is 1. The van der Waals surface area contributed by atoms with Crippen molar-refractivity contribution in [3.05, 3.63) is 28.8 Å². The maximum atomic E-state index is 11.9. The Morgan fingerprint density at radius 1 is 1.47 bits per heavy atom. The van der Waals surface area contributed by atoms with Crippen LogP contribution < -0.4 is 10.6 Å². The van der Waals surface area contributed by atoms with Crippen molar-refractivity contribution in [2.24, 2.45) is 0 Å². The molecule has 0 aliphatic carbocycles. The van der Waals surface area contributed by atoms with Crippen molar-refractivity contribution in [1.82, 2.24) is 10.2 Å². The van der Waals surface area contributed by atoms with Crippen LogP contribution in [0.15, 0.2) is 18.2 Å². The van der Waals surface area contributed by atoms with Gasteiger partial charge in [0.2, 0.25) is 0 Å². The third kappa shape index (κ3) is 3.61. The van der Waals surface area contributed by atoms with Gasteiger partial charge in [-0.15, -0.1) is 0 Å². The molecule has 1 saturated heterocycles. The monoisotopic (exact) mass is 281 g/mol. The summed E-state index contributed by atoms with van der Waals surface area (Å²) in [6.07, 6.45) is 2.34. The average molecular weight is 282 g/mol. The van der Waals surface area contributed by atoms with Crippen molar-refractivity contribution in [3.8, 4) is 0 Å². The van der Waals surface area contributed by atoms with Crippen LogP contribution in [0.3, 0.4) is 0 Å². The van der Waals surface area contributed by atoms with E-state index in [9.17, 15) is 4.79 Å². The summed E-state index contributed by atoms with van der Waals surface area (Å²) in [4.78, 5) is 13.4. The van der Waals surface area contributed by atoms with E-state index in [0.717, 1.165) is 25.2 Å². The molecule has 5 heteroatoms. The number of rotatable bonds is 3. The third-order valence-electron chi connectivity index (χ3n) is 3.27. The van der Waals surface area contributed by atoms with Crippen molar-refractivity contribution < 1.29 is 4.79 Å². The van der Waals surface area contributed by atoms with Crippen molar-refractivity contribution in [2.75, 3.05) is 32.5 Å². The van der Waals surface area contributed by atoms with Gasteiger partial charge < -0.3 is 15.5 Å². The quantitative estimate of drug-likeness (QED) is 0.893. The molecule has 1 atom stereocenters. The fraction of sp³-hybridized carbons (Fsp3) is 0.500. The van der Waals surface area contributed by atoms with Gasteiger partial charge in [0.1, 0.15) is 0 Å². The van der Waals surface area contributed by atoms with Crippen molar-refractivity contribution >= 4 is 23.2 Å². The molecule has 1 fully saturated rings. The molecule has 1 aliphatic rings. The van der Waals surface area contributed by atoms with E-state index in [1.807, 2.05) is 12.1 Å². The van der Waals surface area contributed by atoms with Crippen LogP contribution in [0.4, 0.5) is 5.69 Å². The zero-order valence-corrected chi connectivity index (χ0v) is 12.1. The molecule has 0 spiro atoms. The van der Waals surface area contributed by atoms with Gasteiger partial charge in [-0.1, -0.05) is 11.6 Å². The van der Waals surface area contributed by atoms with E-state index in [4.69, 9.17) is 11.6 Å². The van der Waals surface area contributed by atoms with E-state index in [1.165, 1.54) is 11.3 Å². The van der Waals surface area contributed by atoms with Crippen LogP contribution in [0, 0.1) is 0 Å². The fourth-order valence-electron chi connectivity index (χ4n) is 2.23. The molecular weight excluding hydrogens is 262 g/mol. The number of halogens is 1. The van der Waals surface area contributed by atoms with E-state index in [0.29, 0.717) is 16.6 Å². The Balaban J connectivity index is 2.07. The van der Waals surface area contributed by atoms with E-state index in [1.54, 1.807) is 20.2 Å². The van der Waals surface area contributed by atoms with Crippen LogP contribution in [0.5, 0.6) is 0 Å². The van der Waals surface area contributed by atoms with E-state index in [2.05, 4.69) is 10.6 Å². The molecule has 2 rings (SSSR count). The van der Waals surface area contributed by atoms with Crippen LogP contribution in [0.2, 0.25) is 5.02 Å².